The highest BCUT2D eigenvalue weighted by atomic mass is 16.3. The molecule has 0 unspecified atom stereocenters. The van der Waals surface area contributed by atoms with Gasteiger partial charge in [0.15, 0.2) is 5.65 Å². The SMILES string of the molecule is Cc1cc(C)n2nc(C)c(C(=O)NCC3(C4(O)CCC4)CC3)c2n1. The molecule has 1 amide bonds. The average molecular weight is 328 g/mol. The lowest BCUT2D eigenvalue weighted by atomic mass is 9.69. The molecule has 2 saturated carbocycles. The number of hydrogen-bond donors (Lipinski definition) is 2. The highest BCUT2D eigenvalue weighted by molar-refractivity contribution is 6.01. The Bertz CT molecular complexity index is 831. The lowest BCUT2D eigenvalue weighted by molar-refractivity contribution is -0.0947. The Labute approximate surface area is 141 Å². The highest BCUT2D eigenvalue weighted by Crippen LogP contribution is 2.60. The maximum atomic E-state index is 12.8. The number of aromatic nitrogens is 3. The van der Waals surface area contributed by atoms with Gasteiger partial charge in [0.1, 0.15) is 5.56 Å². The van der Waals surface area contributed by atoms with Crippen molar-refractivity contribution in [2.45, 2.75) is 58.5 Å². The number of hydrogen-bond acceptors (Lipinski definition) is 4. The number of aliphatic hydroxyl groups is 1. The van der Waals surface area contributed by atoms with Crippen molar-refractivity contribution in [3.05, 3.63) is 28.7 Å². The van der Waals surface area contributed by atoms with Crippen LogP contribution in [0.4, 0.5) is 0 Å². The Morgan fingerprint density at radius 2 is 2.00 bits per heavy atom. The van der Waals surface area contributed by atoms with Gasteiger partial charge in [-0.05, 0) is 58.9 Å². The van der Waals surface area contributed by atoms with Crippen LogP contribution in [0.1, 0.15) is 59.5 Å². The highest BCUT2D eigenvalue weighted by Gasteiger charge is 2.60. The van der Waals surface area contributed by atoms with E-state index < -0.39 is 5.60 Å². The molecule has 0 bridgehead atoms. The van der Waals surface area contributed by atoms with Gasteiger partial charge in [-0.25, -0.2) is 9.50 Å². The first-order valence-electron chi connectivity index (χ1n) is 8.69. The molecule has 0 spiro atoms. The van der Waals surface area contributed by atoms with Crippen molar-refractivity contribution in [2.24, 2.45) is 5.41 Å². The van der Waals surface area contributed by atoms with E-state index in [1.165, 1.54) is 0 Å². The summed E-state index contributed by atoms with van der Waals surface area (Å²) < 4.78 is 1.73. The van der Waals surface area contributed by atoms with Gasteiger partial charge >= 0.3 is 0 Å². The topological polar surface area (TPSA) is 79.5 Å². The quantitative estimate of drug-likeness (QED) is 0.900. The Morgan fingerprint density at radius 1 is 1.29 bits per heavy atom. The van der Waals surface area contributed by atoms with E-state index in [0.717, 1.165) is 43.5 Å². The minimum atomic E-state index is -0.568. The number of nitrogens with zero attached hydrogens (tertiary/aromatic N) is 3. The molecule has 128 valence electrons. The van der Waals surface area contributed by atoms with E-state index in [0.29, 0.717) is 23.4 Å². The van der Waals surface area contributed by atoms with Crippen molar-refractivity contribution < 1.29 is 9.90 Å². The van der Waals surface area contributed by atoms with Gasteiger partial charge in [0, 0.05) is 23.3 Å². The summed E-state index contributed by atoms with van der Waals surface area (Å²) in [5.74, 6) is -0.144. The van der Waals surface area contributed by atoms with E-state index in [4.69, 9.17) is 0 Å². The molecular formula is C18H24N4O2. The standard InChI is InChI=1S/C18H24N4O2/c1-11-9-12(2)22-15(20-11)14(13(3)21-22)16(23)19-10-17(7-8-17)18(24)5-4-6-18/h9,24H,4-8,10H2,1-3H3,(H,19,23). The monoisotopic (exact) mass is 328 g/mol. The number of fused-ring (bicyclic) bond motifs is 1. The third-order valence-electron chi connectivity index (χ3n) is 5.91. The first kappa shape index (κ1) is 15.6. The molecule has 4 rings (SSSR count). The van der Waals surface area contributed by atoms with Crippen LogP contribution in [-0.4, -0.2) is 37.8 Å². The molecule has 6 heteroatoms. The molecule has 2 aromatic rings. The summed E-state index contributed by atoms with van der Waals surface area (Å²) >= 11 is 0. The molecule has 0 saturated heterocycles. The number of rotatable bonds is 4. The fourth-order valence-corrected chi connectivity index (χ4v) is 4.03. The van der Waals surface area contributed by atoms with Gasteiger partial charge in [0.2, 0.25) is 0 Å². The molecular weight excluding hydrogens is 304 g/mol. The van der Waals surface area contributed by atoms with Gasteiger partial charge in [-0.3, -0.25) is 4.79 Å². The fourth-order valence-electron chi connectivity index (χ4n) is 4.03. The van der Waals surface area contributed by atoms with Crippen molar-refractivity contribution in [1.29, 1.82) is 0 Å². The van der Waals surface area contributed by atoms with Gasteiger partial charge in [-0.2, -0.15) is 5.10 Å². The van der Waals surface area contributed by atoms with Crippen LogP contribution in [0.25, 0.3) is 5.65 Å². The van der Waals surface area contributed by atoms with Gasteiger partial charge < -0.3 is 10.4 Å². The number of amides is 1. The van der Waals surface area contributed by atoms with Crippen LogP contribution in [0.15, 0.2) is 6.07 Å². The van der Waals surface area contributed by atoms with Gasteiger partial charge in [0.05, 0.1) is 11.3 Å². The summed E-state index contributed by atoms with van der Waals surface area (Å²) in [5, 5.41) is 18.2. The van der Waals surface area contributed by atoms with Gasteiger partial charge in [0.25, 0.3) is 5.91 Å². The number of aryl methyl sites for hydroxylation is 3. The second kappa shape index (κ2) is 5.02. The zero-order valence-electron chi connectivity index (χ0n) is 14.5. The Kier molecular flexibility index (Phi) is 3.26. The molecule has 6 nitrogen and oxygen atoms in total. The van der Waals surface area contributed by atoms with Crippen LogP contribution in [0, 0.1) is 26.2 Å². The van der Waals surface area contributed by atoms with Crippen molar-refractivity contribution in [3.63, 3.8) is 0 Å². The van der Waals surface area contributed by atoms with Gasteiger partial charge in [-0.1, -0.05) is 0 Å². The number of nitrogens with one attached hydrogen (secondary N) is 1. The Balaban J connectivity index is 1.59. The van der Waals surface area contributed by atoms with Crippen LogP contribution < -0.4 is 5.32 Å². The van der Waals surface area contributed by atoms with Crippen LogP contribution >= 0.6 is 0 Å². The molecule has 2 aromatic heterocycles. The minimum Gasteiger partial charge on any atom is -0.389 e. The van der Waals surface area contributed by atoms with Crippen LogP contribution in [0.5, 0.6) is 0 Å². The molecule has 2 aliphatic carbocycles. The first-order chi connectivity index (χ1) is 11.4. The molecule has 0 atom stereocenters. The van der Waals surface area contributed by atoms with Crippen molar-refractivity contribution >= 4 is 11.6 Å². The minimum absolute atomic E-state index is 0.114. The van der Waals surface area contributed by atoms with Crippen molar-refractivity contribution in [1.82, 2.24) is 19.9 Å². The molecule has 24 heavy (non-hydrogen) atoms. The van der Waals surface area contributed by atoms with E-state index in [2.05, 4.69) is 15.4 Å². The number of carbonyl (C=O) groups excluding carboxylic acids is 1. The van der Waals surface area contributed by atoms with E-state index in [1.54, 1.807) is 4.52 Å². The average Bonchev–Trinajstić information content (AvgIpc) is 3.21. The first-order valence-corrected chi connectivity index (χ1v) is 8.69. The van der Waals surface area contributed by atoms with Gasteiger partial charge in [-0.15, -0.1) is 0 Å². The molecule has 2 aliphatic rings. The lowest BCUT2D eigenvalue weighted by Gasteiger charge is -2.44. The second-order valence-corrected chi connectivity index (χ2v) is 7.58. The van der Waals surface area contributed by atoms with E-state index in [9.17, 15) is 9.90 Å². The van der Waals surface area contributed by atoms with Crippen LogP contribution in [0.3, 0.4) is 0 Å². The molecule has 0 radical (unpaired) electrons. The normalized spacial score (nSPS) is 20.7. The largest absolute Gasteiger partial charge is 0.389 e. The molecule has 2 N–H and O–H groups in total. The third-order valence-corrected chi connectivity index (χ3v) is 5.91. The zero-order valence-corrected chi connectivity index (χ0v) is 14.5. The van der Waals surface area contributed by atoms with Crippen molar-refractivity contribution in [2.75, 3.05) is 6.54 Å². The maximum absolute atomic E-state index is 12.8. The summed E-state index contributed by atoms with van der Waals surface area (Å²) in [5.41, 5.74) is 2.98. The molecule has 0 aliphatic heterocycles. The zero-order chi connectivity index (χ0) is 17.1. The number of carbonyl (C=O) groups is 1. The summed E-state index contributed by atoms with van der Waals surface area (Å²) in [7, 11) is 0. The van der Waals surface area contributed by atoms with Crippen molar-refractivity contribution in [3.8, 4) is 0 Å². The molecule has 2 fully saturated rings. The van der Waals surface area contributed by atoms with E-state index in [-0.39, 0.29) is 11.3 Å². The Morgan fingerprint density at radius 3 is 2.58 bits per heavy atom. The molecule has 2 heterocycles. The summed E-state index contributed by atoms with van der Waals surface area (Å²) in [4.78, 5) is 17.3. The van der Waals surface area contributed by atoms with E-state index >= 15 is 0 Å². The second-order valence-electron chi connectivity index (χ2n) is 7.58. The smallest absolute Gasteiger partial charge is 0.257 e. The predicted molar refractivity (Wildman–Crippen MR) is 90.0 cm³/mol. The van der Waals surface area contributed by atoms with Crippen LogP contribution in [-0.2, 0) is 0 Å². The predicted octanol–water partition coefficient (Wildman–Crippen LogP) is 2.08. The summed E-state index contributed by atoms with van der Waals surface area (Å²) in [6.07, 6.45) is 4.79. The Hall–Kier alpha value is -1.95. The molecule has 0 aromatic carbocycles. The summed E-state index contributed by atoms with van der Waals surface area (Å²) in [6, 6.07) is 1.95. The third kappa shape index (κ3) is 2.16. The summed E-state index contributed by atoms with van der Waals surface area (Å²) in [6.45, 7) is 6.25. The van der Waals surface area contributed by atoms with Crippen LogP contribution in [0.2, 0.25) is 0 Å². The maximum Gasteiger partial charge on any atom is 0.257 e. The fraction of sp³-hybridized carbons (Fsp3) is 0.611. The van der Waals surface area contributed by atoms with E-state index in [1.807, 2.05) is 26.8 Å². The lowest BCUT2D eigenvalue weighted by Crippen LogP contribution is -2.50.